The molecule has 2 aromatic carbocycles. The van der Waals surface area contributed by atoms with E-state index in [9.17, 15) is 14.9 Å². The number of thiophene rings is 1. The van der Waals surface area contributed by atoms with Crippen molar-refractivity contribution in [2.24, 2.45) is 0 Å². The average molecular weight is 380 g/mol. The van der Waals surface area contributed by atoms with Gasteiger partial charge in [-0.25, -0.2) is 9.59 Å². The van der Waals surface area contributed by atoms with Gasteiger partial charge in [0.25, 0.3) is 0 Å². The van der Waals surface area contributed by atoms with E-state index in [-0.39, 0.29) is 34.2 Å². The molecule has 0 unspecified atom stereocenters. The zero-order valence-electron chi connectivity index (χ0n) is 14.5. The second-order valence-corrected chi connectivity index (χ2v) is 6.64. The Morgan fingerprint density at radius 2 is 1.85 bits per heavy atom. The molecule has 0 amide bonds. The first kappa shape index (κ1) is 18.4. The molecule has 0 aliphatic carbocycles. The Balaban J connectivity index is 1.89. The number of nitrogen functional groups attached to an aromatic ring is 1. The summed E-state index contributed by atoms with van der Waals surface area (Å²) in [4.78, 5) is 24.9. The molecule has 0 spiro atoms. The number of nitrogens with two attached hydrogens (primary N) is 1. The summed E-state index contributed by atoms with van der Waals surface area (Å²) in [7, 11) is 0. The van der Waals surface area contributed by atoms with Crippen molar-refractivity contribution in [3.8, 4) is 6.07 Å². The summed E-state index contributed by atoms with van der Waals surface area (Å²) in [6.45, 7) is 1.63. The molecule has 0 fully saturated rings. The molecule has 27 heavy (non-hydrogen) atoms. The number of hydrogen-bond acceptors (Lipinski definition) is 7. The fraction of sp³-hybridized carbons (Fsp3) is 0.150. The fourth-order valence-electron chi connectivity index (χ4n) is 2.73. The van der Waals surface area contributed by atoms with Gasteiger partial charge in [0.1, 0.15) is 22.6 Å². The van der Waals surface area contributed by atoms with Crippen molar-refractivity contribution in [3.05, 3.63) is 64.0 Å². The van der Waals surface area contributed by atoms with Crippen LogP contribution in [0.3, 0.4) is 0 Å². The van der Waals surface area contributed by atoms with Crippen LogP contribution in [0.5, 0.6) is 0 Å². The molecule has 136 valence electrons. The summed E-state index contributed by atoms with van der Waals surface area (Å²) in [5.74, 6) is -1.14. The van der Waals surface area contributed by atoms with Gasteiger partial charge in [0, 0.05) is 5.56 Å². The predicted molar refractivity (Wildman–Crippen MR) is 102 cm³/mol. The SMILES string of the molecule is CCOC(=O)c1sc(N)c(C#N)c1COC(=O)c1cccc2ccccc12. The molecule has 1 aromatic heterocycles. The maximum absolute atomic E-state index is 12.6. The van der Waals surface area contributed by atoms with Crippen LogP contribution in [0.2, 0.25) is 0 Å². The predicted octanol–water partition coefficient (Wildman–Crippen LogP) is 3.89. The van der Waals surface area contributed by atoms with Crippen molar-refractivity contribution in [1.29, 1.82) is 5.26 Å². The first-order valence-electron chi connectivity index (χ1n) is 8.20. The maximum Gasteiger partial charge on any atom is 0.348 e. The molecular formula is C20H16N2O4S. The molecule has 0 bridgehead atoms. The quantitative estimate of drug-likeness (QED) is 0.674. The number of nitriles is 1. The molecule has 7 heteroatoms. The lowest BCUT2D eigenvalue weighted by Crippen LogP contribution is -2.10. The molecule has 2 N–H and O–H groups in total. The van der Waals surface area contributed by atoms with Crippen LogP contribution < -0.4 is 5.73 Å². The number of carbonyl (C=O) groups excluding carboxylic acids is 2. The summed E-state index contributed by atoms with van der Waals surface area (Å²) >= 11 is 0.953. The van der Waals surface area contributed by atoms with Gasteiger partial charge < -0.3 is 15.2 Å². The summed E-state index contributed by atoms with van der Waals surface area (Å²) < 4.78 is 10.4. The number of rotatable bonds is 5. The van der Waals surface area contributed by atoms with Crippen molar-refractivity contribution in [3.63, 3.8) is 0 Å². The van der Waals surface area contributed by atoms with Gasteiger partial charge in [-0.05, 0) is 23.8 Å². The molecule has 0 saturated heterocycles. The third-order valence-electron chi connectivity index (χ3n) is 3.96. The number of anilines is 1. The van der Waals surface area contributed by atoms with E-state index in [0.717, 1.165) is 22.1 Å². The largest absolute Gasteiger partial charge is 0.462 e. The Labute approximate surface area is 159 Å². The monoisotopic (exact) mass is 380 g/mol. The van der Waals surface area contributed by atoms with Crippen molar-refractivity contribution in [2.75, 3.05) is 12.3 Å². The van der Waals surface area contributed by atoms with Crippen molar-refractivity contribution < 1.29 is 19.1 Å². The van der Waals surface area contributed by atoms with E-state index in [4.69, 9.17) is 15.2 Å². The molecule has 0 radical (unpaired) electrons. The topological polar surface area (TPSA) is 102 Å². The highest BCUT2D eigenvalue weighted by Crippen LogP contribution is 2.32. The fourth-order valence-corrected chi connectivity index (χ4v) is 3.64. The zero-order chi connectivity index (χ0) is 19.4. The molecule has 0 aliphatic heterocycles. The lowest BCUT2D eigenvalue weighted by Gasteiger charge is -2.08. The summed E-state index contributed by atoms with van der Waals surface area (Å²) in [6, 6.07) is 14.8. The Morgan fingerprint density at radius 3 is 2.59 bits per heavy atom. The van der Waals surface area contributed by atoms with E-state index >= 15 is 0 Å². The van der Waals surface area contributed by atoms with Crippen LogP contribution in [0.25, 0.3) is 10.8 Å². The van der Waals surface area contributed by atoms with Crippen LogP contribution >= 0.6 is 11.3 Å². The highest BCUT2D eigenvalue weighted by molar-refractivity contribution is 7.18. The first-order chi connectivity index (χ1) is 13.1. The van der Waals surface area contributed by atoms with Gasteiger partial charge in [0.15, 0.2) is 0 Å². The van der Waals surface area contributed by atoms with Crippen molar-refractivity contribution in [2.45, 2.75) is 13.5 Å². The van der Waals surface area contributed by atoms with Crippen LogP contribution in [0.4, 0.5) is 5.00 Å². The standard InChI is InChI=1S/C20H16N2O4S/c1-2-25-20(24)17-16(15(10-21)18(22)27-17)11-26-19(23)14-9-5-7-12-6-3-4-8-13(12)14/h3-9H,2,11,22H2,1H3. The molecule has 3 aromatic rings. The van der Waals surface area contributed by atoms with E-state index in [0.29, 0.717) is 5.56 Å². The lowest BCUT2D eigenvalue weighted by atomic mass is 10.0. The number of carbonyl (C=O) groups is 2. The highest BCUT2D eigenvalue weighted by Gasteiger charge is 2.24. The van der Waals surface area contributed by atoms with Gasteiger partial charge >= 0.3 is 11.9 Å². The number of esters is 2. The van der Waals surface area contributed by atoms with Gasteiger partial charge in [-0.1, -0.05) is 36.4 Å². The second-order valence-electron chi connectivity index (χ2n) is 5.58. The van der Waals surface area contributed by atoms with Crippen molar-refractivity contribution in [1.82, 2.24) is 0 Å². The molecule has 6 nitrogen and oxygen atoms in total. The number of benzene rings is 2. The van der Waals surface area contributed by atoms with E-state index in [1.165, 1.54) is 0 Å². The zero-order valence-corrected chi connectivity index (χ0v) is 15.3. The maximum atomic E-state index is 12.6. The number of hydrogen-bond donors (Lipinski definition) is 1. The minimum atomic E-state index is -0.591. The van der Waals surface area contributed by atoms with E-state index < -0.39 is 11.9 Å². The Bertz CT molecular complexity index is 1060. The van der Waals surface area contributed by atoms with Crippen molar-refractivity contribution >= 4 is 39.0 Å². The number of fused-ring (bicyclic) bond motifs is 1. The third kappa shape index (κ3) is 3.61. The summed E-state index contributed by atoms with van der Waals surface area (Å²) in [5.41, 5.74) is 6.64. The number of ether oxygens (including phenoxy) is 2. The molecular weight excluding hydrogens is 364 g/mol. The molecule has 0 atom stereocenters. The van der Waals surface area contributed by atoms with Gasteiger partial charge in [0.05, 0.1) is 17.7 Å². The van der Waals surface area contributed by atoms with Gasteiger partial charge in [-0.3, -0.25) is 0 Å². The first-order valence-corrected chi connectivity index (χ1v) is 9.01. The normalized spacial score (nSPS) is 10.4. The van der Waals surface area contributed by atoms with E-state index in [1.807, 2.05) is 36.4 Å². The van der Waals surface area contributed by atoms with Crippen LogP contribution in [-0.2, 0) is 16.1 Å². The van der Waals surface area contributed by atoms with E-state index in [1.54, 1.807) is 19.1 Å². The number of nitrogens with zero attached hydrogens (tertiary/aromatic N) is 1. The minimum Gasteiger partial charge on any atom is -0.462 e. The molecule has 0 saturated carbocycles. The van der Waals surface area contributed by atoms with Crippen LogP contribution in [-0.4, -0.2) is 18.5 Å². The van der Waals surface area contributed by atoms with E-state index in [2.05, 4.69) is 0 Å². The molecule has 0 aliphatic rings. The summed E-state index contributed by atoms with van der Waals surface area (Å²) in [6.07, 6.45) is 0. The van der Waals surface area contributed by atoms with Crippen LogP contribution in [0.15, 0.2) is 42.5 Å². The Morgan fingerprint density at radius 1 is 1.11 bits per heavy atom. The summed E-state index contributed by atoms with van der Waals surface area (Å²) in [5, 5.41) is 11.2. The minimum absolute atomic E-state index is 0.133. The van der Waals surface area contributed by atoms with Gasteiger partial charge in [-0.2, -0.15) is 5.26 Å². The molecule has 1 heterocycles. The van der Waals surface area contributed by atoms with Crippen LogP contribution in [0.1, 0.15) is 38.1 Å². The highest BCUT2D eigenvalue weighted by atomic mass is 32.1. The van der Waals surface area contributed by atoms with Gasteiger partial charge in [0.2, 0.25) is 0 Å². The second kappa shape index (κ2) is 7.89. The molecule has 3 rings (SSSR count). The van der Waals surface area contributed by atoms with Crippen LogP contribution in [0, 0.1) is 11.3 Å². The smallest absolute Gasteiger partial charge is 0.348 e. The Hall–Kier alpha value is -3.37. The Kier molecular flexibility index (Phi) is 5.38. The lowest BCUT2D eigenvalue weighted by molar-refractivity contribution is 0.0454. The third-order valence-corrected chi connectivity index (χ3v) is 5.01. The van der Waals surface area contributed by atoms with Gasteiger partial charge in [-0.15, -0.1) is 11.3 Å². The average Bonchev–Trinajstić information content (AvgIpc) is 3.01.